The van der Waals surface area contributed by atoms with Crippen molar-refractivity contribution >= 4 is 57.1 Å². The zero-order valence-corrected chi connectivity index (χ0v) is 16.7. The molecular weight excluding hydrogens is 390 g/mol. The highest BCUT2D eigenvalue weighted by Gasteiger charge is 2.33. The summed E-state index contributed by atoms with van der Waals surface area (Å²) >= 11 is 6.41. The van der Waals surface area contributed by atoms with E-state index in [1.807, 2.05) is 48.7 Å². The number of hydrazine groups is 1. The van der Waals surface area contributed by atoms with Crippen LogP contribution in [0.25, 0.3) is 17.0 Å². The first-order valence-electron chi connectivity index (χ1n) is 8.70. The highest BCUT2D eigenvalue weighted by Crippen LogP contribution is 2.33. The molecule has 1 aromatic heterocycles. The van der Waals surface area contributed by atoms with Crippen molar-refractivity contribution in [3.05, 3.63) is 76.8 Å². The minimum atomic E-state index is -0.336. The first-order valence-corrected chi connectivity index (χ1v) is 9.92. The molecule has 140 valence electrons. The van der Waals surface area contributed by atoms with Gasteiger partial charge in [-0.15, -0.1) is 0 Å². The van der Waals surface area contributed by atoms with Gasteiger partial charge < -0.3 is 4.57 Å². The number of carbonyl (C=O) groups excluding carboxylic acids is 2. The van der Waals surface area contributed by atoms with Crippen LogP contribution in [-0.4, -0.2) is 25.7 Å². The Hall–Kier alpha value is -2.90. The smallest absolute Gasteiger partial charge is 0.285 e. The number of rotatable bonds is 4. The fourth-order valence-electron chi connectivity index (χ4n) is 3.16. The molecule has 0 radical (unpaired) electrons. The summed E-state index contributed by atoms with van der Waals surface area (Å²) in [6, 6.07) is 18.3. The quantitative estimate of drug-likeness (QED) is 0.526. The van der Waals surface area contributed by atoms with E-state index >= 15 is 0 Å². The molecule has 28 heavy (non-hydrogen) atoms. The molecule has 1 fully saturated rings. The lowest BCUT2D eigenvalue weighted by molar-refractivity contribution is -0.131. The number of thioether (sulfide) groups is 1. The van der Waals surface area contributed by atoms with E-state index in [2.05, 4.69) is 28.2 Å². The van der Waals surface area contributed by atoms with Crippen LogP contribution in [0.3, 0.4) is 0 Å². The molecule has 1 aliphatic rings. The van der Waals surface area contributed by atoms with Gasteiger partial charge in [0, 0.05) is 36.1 Å². The van der Waals surface area contributed by atoms with E-state index < -0.39 is 0 Å². The van der Waals surface area contributed by atoms with Crippen LogP contribution in [0.4, 0.5) is 0 Å². The summed E-state index contributed by atoms with van der Waals surface area (Å²) in [5, 5.41) is 2.18. The summed E-state index contributed by atoms with van der Waals surface area (Å²) in [6.45, 7) is 2.08. The van der Waals surface area contributed by atoms with Crippen molar-refractivity contribution in [2.24, 2.45) is 0 Å². The molecule has 0 atom stereocenters. The summed E-state index contributed by atoms with van der Waals surface area (Å²) in [5.41, 5.74) is 5.70. The molecule has 2 amide bonds. The molecule has 0 unspecified atom stereocenters. The van der Waals surface area contributed by atoms with Crippen molar-refractivity contribution in [2.45, 2.75) is 13.5 Å². The molecule has 0 bridgehead atoms. The standard InChI is InChI=1S/C21H17N3O2S2/c1-14(25)22-24-20(26)19(28-21(24)27)11-16-13-23(12-15-7-3-2-4-8-15)18-10-6-5-9-17(16)18/h2-11,13H,12H2,1H3,(H,22,25)/b19-11-. The van der Waals surface area contributed by atoms with Gasteiger partial charge in [0.25, 0.3) is 5.91 Å². The average molecular weight is 408 g/mol. The van der Waals surface area contributed by atoms with Crippen molar-refractivity contribution in [3.8, 4) is 0 Å². The van der Waals surface area contributed by atoms with E-state index in [0.29, 0.717) is 9.23 Å². The van der Waals surface area contributed by atoms with Gasteiger partial charge in [0.1, 0.15) is 0 Å². The Bertz CT molecular complexity index is 1120. The first kappa shape index (κ1) is 18.5. The monoisotopic (exact) mass is 407 g/mol. The molecule has 0 aliphatic carbocycles. The highest BCUT2D eigenvalue weighted by molar-refractivity contribution is 8.26. The van der Waals surface area contributed by atoms with Gasteiger partial charge in [0.2, 0.25) is 5.91 Å². The van der Waals surface area contributed by atoms with E-state index in [9.17, 15) is 9.59 Å². The van der Waals surface area contributed by atoms with Gasteiger partial charge in [-0.05, 0) is 29.9 Å². The van der Waals surface area contributed by atoms with Gasteiger partial charge in [0.05, 0.1) is 4.91 Å². The predicted molar refractivity (Wildman–Crippen MR) is 116 cm³/mol. The summed E-state index contributed by atoms with van der Waals surface area (Å²) < 4.78 is 2.49. The lowest BCUT2D eigenvalue weighted by atomic mass is 10.1. The Labute approximate surface area is 172 Å². The summed E-state index contributed by atoms with van der Waals surface area (Å²) in [7, 11) is 0. The predicted octanol–water partition coefficient (Wildman–Crippen LogP) is 3.94. The Morgan fingerprint density at radius 1 is 1.14 bits per heavy atom. The summed E-state index contributed by atoms with van der Waals surface area (Å²) in [4.78, 5) is 24.4. The number of benzene rings is 2. The minimum Gasteiger partial charge on any atom is -0.342 e. The largest absolute Gasteiger partial charge is 0.342 e. The first-order chi connectivity index (χ1) is 13.5. The van der Waals surface area contributed by atoms with Gasteiger partial charge in [0.15, 0.2) is 4.32 Å². The number of hydrogen-bond acceptors (Lipinski definition) is 4. The summed E-state index contributed by atoms with van der Waals surface area (Å²) in [6.07, 6.45) is 3.88. The van der Waals surface area contributed by atoms with Crippen molar-refractivity contribution in [2.75, 3.05) is 0 Å². The maximum Gasteiger partial charge on any atom is 0.285 e. The van der Waals surface area contributed by atoms with Crippen LogP contribution in [0.1, 0.15) is 18.1 Å². The van der Waals surface area contributed by atoms with Gasteiger partial charge in [-0.25, -0.2) is 0 Å². The summed E-state index contributed by atoms with van der Waals surface area (Å²) in [5.74, 6) is -0.651. The third-order valence-corrected chi connectivity index (χ3v) is 5.67. The second-order valence-electron chi connectivity index (χ2n) is 6.40. The maximum absolute atomic E-state index is 12.6. The lowest BCUT2D eigenvalue weighted by Gasteiger charge is -2.13. The number of para-hydroxylation sites is 1. The van der Waals surface area contributed by atoms with Crippen LogP contribution >= 0.6 is 24.0 Å². The Morgan fingerprint density at radius 3 is 2.61 bits per heavy atom. The molecule has 3 aromatic rings. The number of carbonyl (C=O) groups is 2. The topological polar surface area (TPSA) is 54.3 Å². The Balaban J connectivity index is 1.72. The highest BCUT2D eigenvalue weighted by atomic mass is 32.2. The molecule has 7 heteroatoms. The van der Waals surface area contributed by atoms with Gasteiger partial charge >= 0.3 is 0 Å². The number of hydrogen-bond donors (Lipinski definition) is 1. The van der Waals surface area contributed by atoms with Gasteiger partial charge in [-0.1, -0.05) is 60.3 Å². The Kier molecular flexibility index (Phi) is 5.02. The van der Waals surface area contributed by atoms with E-state index in [0.717, 1.165) is 28.0 Å². The van der Waals surface area contributed by atoms with Gasteiger partial charge in [-0.2, -0.15) is 5.01 Å². The number of fused-ring (bicyclic) bond motifs is 1. The van der Waals surface area contributed by atoms with Gasteiger partial charge in [-0.3, -0.25) is 15.0 Å². The van der Waals surface area contributed by atoms with Crippen LogP contribution in [0.2, 0.25) is 0 Å². The zero-order chi connectivity index (χ0) is 19.7. The number of thiocarbonyl (C=S) groups is 1. The molecule has 1 N–H and O–H groups in total. The fourth-order valence-corrected chi connectivity index (χ4v) is 4.33. The minimum absolute atomic E-state index is 0.315. The number of amides is 2. The maximum atomic E-state index is 12.6. The van der Waals surface area contributed by atoms with E-state index in [1.54, 1.807) is 0 Å². The fraction of sp³-hybridized carbons (Fsp3) is 0.0952. The molecule has 1 aliphatic heterocycles. The van der Waals surface area contributed by atoms with E-state index in [4.69, 9.17) is 12.2 Å². The molecule has 2 heterocycles. The third-order valence-electron chi connectivity index (χ3n) is 4.36. The number of nitrogens with one attached hydrogen (secondary N) is 1. The zero-order valence-electron chi connectivity index (χ0n) is 15.1. The van der Waals surface area contributed by atoms with Crippen LogP contribution in [-0.2, 0) is 16.1 Å². The molecular formula is C21H17N3O2S2. The number of nitrogens with zero attached hydrogens (tertiary/aromatic N) is 2. The van der Waals surface area contributed by atoms with Crippen LogP contribution in [0.5, 0.6) is 0 Å². The molecule has 2 aromatic carbocycles. The third kappa shape index (κ3) is 3.58. The second kappa shape index (κ2) is 7.61. The van der Waals surface area contributed by atoms with E-state index in [1.165, 1.54) is 24.2 Å². The van der Waals surface area contributed by atoms with Crippen molar-refractivity contribution < 1.29 is 9.59 Å². The Morgan fingerprint density at radius 2 is 1.86 bits per heavy atom. The molecule has 0 spiro atoms. The van der Waals surface area contributed by atoms with Crippen LogP contribution in [0, 0.1) is 0 Å². The molecule has 5 nitrogen and oxygen atoms in total. The van der Waals surface area contributed by atoms with E-state index in [-0.39, 0.29) is 11.8 Å². The van der Waals surface area contributed by atoms with Crippen LogP contribution < -0.4 is 5.43 Å². The number of aromatic nitrogens is 1. The van der Waals surface area contributed by atoms with Crippen molar-refractivity contribution in [1.29, 1.82) is 0 Å². The second-order valence-corrected chi connectivity index (χ2v) is 8.08. The van der Waals surface area contributed by atoms with Crippen LogP contribution in [0.15, 0.2) is 65.7 Å². The molecule has 1 saturated heterocycles. The molecule has 0 saturated carbocycles. The SMILES string of the molecule is CC(=O)NN1C(=O)/C(=C/c2cn(Cc3ccccc3)c3ccccc23)SC1=S. The normalized spacial score (nSPS) is 15.6. The average Bonchev–Trinajstić information content (AvgIpc) is 3.15. The van der Waals surface area contributed by atoms with Crippen molar-refractivity contribution in [1.82, 2.24) is 15.0 Å². The van der Waals surface area contributed by atoms with Crippen molar-refractivity contribution in [3.63, 3.8) is 0 Å². The molecule has 4 rings (SSSR count). The lowest BCUT2D eigenvalue weighted by Crippen LogP contribution is -2.43.